The van der Waals surface area contributed by atoms with E-state index in [0.29, 0.717) is 52.0 Å². The molecule has 1 unspecified atom stereocenters. The molecule has 2 aliphatic rings. The van der Waals surface area contributed by atoms with Gasteiger partial charge in [0, 0.05) is 37.6 Å². The highest BCUT2D eigenvalue weighted by molar-refractivity contribution is 6.43. The molecule has 0 aliphatic carbocycles. The number of ether oxygens (including phenoxy) is 2. The highest BCUT2D eigenvalue weighted by atomic mass is 16.5. The fourth-order valence-corrected chi connectivity index (χ4v) is 5.11. The van der Waals surface area contributed by atoms with Gasteiger partial charge >= 0.3 is 13.2 Å². The minimum atomic E-state index is -1.71. The molecule has 2 heterocycles. The average molecular weight is 528 g/mol. The lowest BCUT2D eigenvalue weighted by Crippen LogP contribution is -2.50. The predicted molar refractivity (Wildman–Crippen MR) is 143 cm³/mol. The molecular formula is C27H41BN4O6. The SMILES string of the molecule is CC(C)(CCC(C#N)C(=O)N1CC[C@H](COC(=O)N[C@@H](CCc2ccccc2)B(O)O)C1)N1CCOCC1. The molecule has 1 aromatic rings. The number of likely N-dealkylation sites (tertiary alicyclic amines) is 1. The molecule has 2 saturated heterocycles. The van der Waals surface area contributed by atoms with E-state index in [-0.39, 0.29) is 24.0 Å². The first-order chi connectivity index (χ1) is 18.2. The van der Waals surface area contributed by atoms with Crippen molar-refractivity contribution < 1.29 is 29.1 Å². The molecule has 0 saturated carbocycles. The van der Waals surface area contributed by atoms with Crippen molar-refractivity contribution in [3.05, 3.63) is 35.9 Å². The van der Waals surface area contributed by atoms with Crippen molar-refractivity contribution in [2.24, 2.45) is 11.8 Å². The third-order valence-corrected chi connectivity index (χ3v) is 7.66. The Balaban J connectivity index is 1.40. The standard InChI is InChI=1S/C27H41BN4O6/c1-27(2,32-14-16-37-17-15-32)12-10-23(18-29)25(33)31-13-11-22(19-31)20-38-26(34)30-24(28(35)36)9-8-21-6-4-3-5-7-21/h3-7,22-24,35-36H,8-17,19-20H2,1-2H3,(H,30,34)/t22-,23?,24-/m0/s1. The molecule has 2 aliphatic heterocycles. The Morgan fingerprint density at radius 3 is 2.58 bits per heavy atom. The van der Waals surface area contributed by atoms with Crippen LogP contribution in [-0.2, 0) is 20.7 Å². The van der Waals surface area contributed by atoms with Crippen LogP contribution in [-0.4, -0.2) is 96.4 Å². The number of alkyl carbamates (subject to hydrolysis) is 1. The van der Waals surface area contributed by atoms with Gasteiger partial charge in [0.15, 0.2) is 0 Å². The van der Waals surface area contributed by atoms with Crippen LogP contribution in [0.25, 0.3) is 0 Å². The lowest BCUT2D eigenvalue weighted by atomic mass is 9.76. The largest absolute Gasteiger partial charge is 0.475 e. The van der Waals surface area contributed by atoms with Crippen molar-refractivity contribution in [1.82, 2.24) is 15.1 Å². The molecule has 11 heteroatoms. The second-order valence-corrected chi connectivity index (χ2v) is 10.9. The lowest BCUT2D eigenvalue weighted by molar-refractivity contribution is -0.133. The Bertz CT molecular complexity index is 935. The number of amides is 2. The van der Waals surface area contributed by atoms with Crippen LogP contribution in [0.1, 0.15) is 45.1 Å². The Hall–Kier alpha value is -2.65. The van der Waals surface area contributed by atoms with Crippen molar-refractivity contribution >= 4 is 19.1 Å². The van der Waals surface area contributed by atoms with E-state index in [9.17, 15) is 24.9 Å². The number of nitriles is 1. The van der Waals surface area contributed by atoms with Gasteiger partial charge in [-0.3, -0.25) is 9.69 Å². The van der Waals surface area contributed by atoms with E-state index in [2.05, 4.69) is 30.1 Å². The minimum Gasteiger partial charge on any atom is -0.449 e. The first-order valence-electron chi connectivity index (χ1n) is 13.5. The first kappa shape index (κ1) is 29.9. The number of nitrogens with one attached hydrogen (secondary N) is 1. The predicted octanol–water partition coefficient (Wildman–Crippen LogP) is 1.61. The molecule has 0 bridgehead atoms. The number of carbonyl (C=O) groups excluding carboxylic acids is 2. The summed E-state index contributed by atoms with van der Waals surface area (Å²) >= 11 is 0. The maximum atomic E-state index is 13.1. The van der Waals surface area contributed by atoms with Crippen LogP contribution in [0.5, 0.6) is 0 Å². The van der Waals surface area contributed by atoms with E-state index in [1.807, 2.05) is 30.3 Å². The van der Waals surface area contributed by atoms with Crippen molar-refractivity contribution in [2.75, 3.05) is 46.0 Å². The summed E-state index contributed by atoms with van der Waals surface area (Å²) in [5, 5.41) is 31.6. The van der Waals surface area contributed by atoms with Crippen LogP contribution in [0.3, 0.4) is 0 Å². The number of morpholine rings is 1. The van der Waals surface area contributed by atoms with Gasteiger partial charge in [0.1, 0.15) is 5.92 Å². The fraction of sp³-hybridized carbons (Fsp3) is 0.667. The topological polar surface area (TPSA) is 135 Å². The van der Waals surface area contributed by atoms with Crippen LogP contribution < -0.4 is 5.32 Å². The molecule has 208 valence electrons. The van der Waals surface area contributed by atoms with Gasteiger partial charge in [-0.05, 0) is 51.5 Å². The molecule has 3 rings (SSSR count). The van der Waals surface area contributed by atoms with E-state index in [1.165, 1.54) is 0 Å². The first-order valence-corrected chi connectivity index (χ1v) is 13.5. The van der Waals surface area contributed by atoms with Crippen molar-refractivity contribution in [3.63, 3.8) is 0 Å². The second-order valence-electron chi connectivity index (χ2n) is 10.9. The minimum absolute atomic E-state index is 0.0318. The summed E-state index contributed by atoms with van der Waals surface area (Å²) in [7, 11) is -1.71. The molecule has 2 fully saturated rings. The fourth-order valence-electron chi connectivity index (χ4n) is 5.11. The van der Waals surface area contributed by atoms with Gasteiger partial charge in [-0.1, -0.05) is 30.3 Å². The van der Waals surface area contributed by atoms with Crippen LogP contribution >= 0.6 is 0 Å². The van der Waals surface area contributed by atoms with Gasteiger partial charge in [0.05, 0.1) is 31.8 Å². The molecule has 0 radical (unpaired) electrons. The van der Waals surface area contributed by atoms with E-state index in [1.54, 1.807) is 4.90 Å². The third kappa shape index (κ3) is 8.98. The zero-order valence-electron chi connectivity index (χ0n) is 22.6. The van der Waals surface area contributed by atoms with Crippen LogP contribution in [0.2, 0.25) is 0 Å². The Kier molecular flexibility index (Phi) is 11.4. The lowest BCUT2D eigenvalue weighted by Gasteiger charge is -2.41. The van der Waals surface area contributed by atoms with E-state index >= 15 is 0 Å². The quantitative estimate of drug-likeness (QED) is 0.349. The van der Waals surface area contributed by atoms with Crippen LogP contribution in [0.15, 0.2) is 30.3 Å². The summed E-state index contributed by atoms with van der Waals surface area (Å²) in [5.74, 6) is -1.76. The molecule has 0 aromatic heterocycles. The number of aryl methyl sites for hydroxylation is 1. The highest BCUT2D eigenvalue weighted by Crippen LogP contribution is 2.26. The molecule has 0 spiro atoms. The molecular weight excluding hydrogens is 487 g/mol. The smallest absolute Gasteiger partial charge is 0.449 e. The monoisotopic (exact) mass is 528 g/mol. The third-order valence-electron chi connectivity index (χ3n) is 7.66. The summed E-state index contributed by atoms with van der Waals surface area (Å²) in [6.45, 7) is 8.47. The Labute approximate surface area is 226 Å². The Morgan fingerprint density at radius 2 is 1.92 bits per heavy atom. The number of benzene rings is 1. The van der Waals surface area contributed by atoms with Gasteiger partial charge in [-0.25, -0.2) is 4.79 Å². The van der Waals surface area contributed by atoms with Gasteiger partial charge in [-0.15, -0.1) is 0 Å². The van der Waals surface area contributed by atoms with Crippen LogP contribution in [0, 0.1) is 23.2 Å². The summed E-state index contributed by atoms with van der Waals surface area (Å²) in [6.07, 6.45) is 2.11. The molecule has 38 heavy (non-hydrogen) atoms. The zero-order valence-corrected chi connectivity index (χ0v) is 22.6. The second kappa shape index (κ2) is 14.5. The van der Waals surface area contributed by atoms with Gasteiger partial charge < -0.3 is 29.7 Å². The summed E-state index contributed by atoms with van der Waals surface area (Å²) in [4.78, 5) is 29.4. The van der Waals surface area contributed by atoms with Crippen LogP contribution in [0.4, 0.5) is 4.79 Å². The van der Waals surface area contributed by atoms with Crippen molar-refractivity contribution in [3.8, 4) is 6.07 Å². The van der Waals surface area contributed by atoms with Gasteiger partial charge in [0.2, 0.25) is 5.91 Å². The highest BCUT2D eigenvalue weighted by Gasteiger charge is 2.34. The Morgan fingerprint density at radius 1 is 1.21 bits per heavy atom. The maximum Gasteiger partial charge on any atom is 0.475 e. The van der Waals surface area contributed by atoms with Gasteiger partial charge in [0.25, 0.3) is 0 Å². The number of rotatable bonds is 12. The average Bonchev–Trinajstić information content (AvgIpc) is 3.40. The van der Waals surface area contributed by atoms with Crippen molar-refractivity contribution in [2.45, 2.75) is 57.4 Å². The summed E-state index contributed by atoms with van der Waals surface area (Å²) < 4.78 is 10.8. The number of hydrogen-bond donors (Lipinski definition) is 3. The molecule has 1 aromatic carbocycles. The number of carbonyl (C=O) groups is 2. The van der Waals surface area contributed by atoms with Crippen molar-refractivity contribution in [1.29, 1.82) is 5.26 Å². The number of hydrogen-bond acceptors (Lipinski definition) is 8. The van der Waals surface area contributed by atoms with Gasteiger partial charge in [-0.2, -0.15) is 5.26 Å². The van der Waals surface area contributed by atoms with E-state index in [4.69, 9.17) is 9.47 Å². The summed E-state index contributed by atoms with van der Waals surface area (Å²) in [5.41, 5.74) is 0.916. The molecule has 10 nitrogen and oxygen atoms in total. The molecule has 2 amide bonds. The number of nitrogens with zero attached hydrogens (tertiary/aromatic N) is 3. The van der Waals surface area contributed by atoms with E-state index in [0.717, 1.165) is 25.1 Å². The normalized spacial score (nSPS) is 19.9. The maximum absolute atomic E-state index is 13.1. The molecule has 3 N–H and O–H groups in total. The zero-order chi connectivity index (χ0) is 27.5. The van der Waals surface area contributed by atoms with E-state index < -0.39 is 25.1 Å². The molecule has 3 atom stereocenters. The summed E-state index contributed by atoms with van der Waals surface area (Å²) in [6, 6.07) is 11.8.